The molecule has 0 saturated carbocycles. The van der Waals surface area contributed by atoms with Crippen LogP contribution in [0.25, 0.3) is 0 Å². The molecule has 9 heteroatoms. The van der Waals surface area contributed by atoms with E-state index >= 15 is 0 Å². The Morgan fingerprint density at radius 2 is 2.05 bits per heavy atom. The Balaban J connectivity index is 2.43. The molecule has 0 amide bonds. The number of benzene rings is 1. The molecule has 0 aliphatic carbocycles. The maximum Gasteiger partial charge on any atom is 0.417 e. The SMILES string of the molecule is NC(=NO)c1ccc(Sc2ccncn2)cc1C(F)(F)F. The van der Waals surface area contributed by atoms with Gasteiger partial charge in [0, 0.05) is 16.7 Å². The fraction of sp³-hybridized carbons (Fsp3) is 0.0833. The number of aromatic nitrogens is 2. The lowest BCUT2D eigenvalue weighted by atomic mass is 10.1. The van der Waals surface area contributed by atoms with Gasteiger partial charge in [-0.15, -0.1) is 0 Å². The molecule has 2 rings (SSSR count). The van der Waals surface area contributed by atoms with Gasteiger partial charge in [-0.2, -0.15) is 13.2 Å². The number of amidine groups is 1. The van der Waals surface area contributed by atoms with Crippen molar-refractivity contribution >= 4 is 17.6 Å². The summed E-state index contributed by atoms with van der Waals surface area (Å²) in [4.78, 5) is 7.98. The Labute approximate surface area is 121 Å². The highest BCUT2D eigenvalue weighted by Crippen LogP contribution is 2.36. The van der Waals surface area contributed by atoms with E-state index in [0.717, 1.165) is 23.9 Å². The van der Waals surface area contributed by atoms with Crippen molar-refractivity contribution in [3.05, 3.63) is 47.9 Å². The summed E-state index contributed by atoms with van der Waals surface area (Å²) in [5.74, 6) is -0.596. The zero-order chi connectivity index (χ0) is 15.5. The van der Waals surface area contributed by atoms with Crippen molar-refractivity contribution in [2.75, 3.05) is 0 Å². The van der Waals surface area contributed by atoms with Crippen LogP contribution in [-0.2, 0) is 6.18 Å². The molecular weight excluding hydrogens is 305 g/mol. The van der Waals surface area contributed by atoms with E-state index in [9.17, 15) is 13.2 Å². The van der Waals surface area contributed by atoms with E-state index in [-0.39, 0.29) is 5.56 Å². The highest BCUT2D eigenvalue weighted by Gasteiger charge is 2.34. The summed E-state index contributed by atoms with van der Waals surface area (Å²) in [6.45, 7) is 0. The van der Waals surface area contributed by atoms with Gasteiger partial charge in [0.2, 0.25) is 0 Å². The Hall–Kier alpha value is -2.29. The molecule has 2 aromatic rings. The first kappa shape index (κ1) is 15.1. The summed E-state index contributed by atoms with van der Waals surface area (Å²) < 4.78 is 39.1. The van der Waals surface area contributed by atoms with Crippen molar-refractivity contribution in [2.45, 2.75) is 16.1 Å². The average Bonchev–Trinajstić information content (AvgIpc) is 2.46. The Bertz CT molecular complexity index is 661. The van der Waals surface area contributed by atoms with Crippen LogP contribution in [0.1, 0.15) is 11.1 Å². The van der Waals surface area contributed by atoms with Crippen molar-refractivity contribution < 1.29 is 18.4 Å². The number of oxime groups is 1. The first-order valence-corrected chi connectivity index (χ1v) is 6.36. The van der Waals surface area contributed by atoms with Gasteiger partial charge >= 0.3 is 6.18 Å². The van der Waals surface area contributed by atoms with Crippen molar-refractivity contribution in [1.29, 1.82) is 0 Å². The van der Waals surface area contributed by atoms with Crippen molar-refractivity contribution in [3.8, 4) is 0 Å². The Kier molecular flexibility index (Phi) is 4.32. The molecule has 0 aliphatic rings. The van der Waals surface area contributed by atoms with Crippen LogP contribution >= 0.6 is 11.8 Å². The molecule has 0 fully saturated rings. The van der Waals surface area contributed by atoms with E-state index in [4.69, 9.17) is 10.9 Å². The third kappa shape index (κ3) is 3.63. The summed E-state index contributed by atoms with van der Waals surface area (Å²) in [6.07, 6.45) is -1.82. The molecular formula is C12H9F3N4OS. The molecule has 110 valence electrons. The van der Waals surface area contributed by atoms with Gasteiger partial charge in [-0.05, 0) is 24.3 Å². The minimum atomic E-state index is -4.62. The van der Waals surface area contributed by atoms with Crippen LogP contribution in [0.4, 0.5) is 13.2 Å². The summed E-state index contributed by atoms with van der Waals surface area (Å²) in [5.41, 5.74) is 3.91. The number of rotatable bonds is 3. The van der Waals surface area contributed by atoms with Crippen molar-refractivity contribution in [2.24, 2.45) is 10.9 Å². The second-order valence-corrected chi connectivity index (χ2v) is 4.93. The van der Waals surface area contributed by atoms with Crippen molar-refractivity contribution in [3.63, 3.8) is 0 Å². The molecule has 0 saturated heterocycles. The van der Waals surface area contributed by atoms with E-state index in [2.05, 4.69) is 15.1 Å². The fourth-order valence-corrected chi connectivity index (χ4v) is 2.34. The number of halogens is 3. The van der Waals surface area contributed by atoms with Gasteiger partial charge in [0.15, 0.2) is 5.84 Å². The number of hydrogen-bond acceptors (Lipinski definition) is 5. The van der Waals surface area contributed by atoms with Gasteiger partial charge in [0.1, 0.15) is 11.4 Å². The second-order valence-electron chi connectivity index (χ2n) is 3.84. The Morgan fingerprint density at radius 3 is 2.62 bits per heavy atom. The minimum absolute atomic E-state index is 0.329. The molecule has 1 aromatic heterocycles. The number of alkyl halides is 3. The maximum absolute atomic E-state index is 13.0. The largest absolute Gasteiger partial charge is 0.417 e. The van der Waals surface area contributed by atoms with Crippen molar-refractivity contribution in [1.82, 2.24) is 9.97 Å². The van der Waals surface area contributed by atoms with Crippen LogP contribution in [0.15, 0.2) is 51.9 Å². The van der Waals surface area contributed by atoms with E-state index < -0.39 is 17.6 Å². The highest BCUT2D eigenvalue weighted by atomic mass is 32.2. The first-order chi connectivity index (χ1) is 9.91. The standard InChI is InChI=1S/C12H9F3N4OS/c13-12(14,15)9-5-7(1-2-8(9)11(16)19-20)21-10-3-4-17-6-18-10/h1-6,20H,(H2,16,19). The van der Waals surface area contributed by atoms with Crippen LogP contribution in [0.3, 0.4) is 0 Å². The molecule has 0 radical (unpaired) electrons. The van der Waals surface area contributed by atoms with Crippen LogP contribution in [0, 0.1) is 0 Å². The normalized spacial score (nSPS) is 12.4. The van der Waals surface area contributed by atoms with Gasteiger partial charge < -0.3 is 10.9 Å². The van der Waals surface area contributed by atoms with Gasteiger partial charge in [-0.25, -0.2) is 9.97 Å². The average molecular weight is 314 g/mol. The summed E-state index contributed by atoms with van der Waals surface area (Å²) in [6, 6.07) is 5.10. The summed E-state index contributed by atoms with van der Waals surface area (Å²) >= 11 is 1.05. The number of nitrogens with zero attached hydrogens (tertiary/aromatic N) is 3. The van der Waals surface area contributed by atoms with E-state index in [1.165, 1.54) is 18.6 Å². The lowest BCUT2D eigenvalue weighted by Gasteiger charge is -2.13. The minimum Gasteiger partial charge on any atom is -0.409 e. The molecule has 1 heterocycles. The van der Waals surface area contributed by atoms with Crippen LogP contribution in [-0.4, -0.2) is 21.0 Å². The topological polar surface area (TPSA) is 84.4 Å². The lowest BCUT2D eigenvalue weighted by molar-refractivity contribution is -0.137. The van der Waals surface area contributed by atoms with E-state index in [1.54, 1.807) is 6.07 Å². The Morgan fingerprint density at radius 1 is 1.29 bits per heavy atom. The first-order valence-electron chi connectivity index (χ1n) is 5.55. The molecule has 0 unspecified atom stereocenters. The summed E-state index contributed by atoms with van der Waals surface area (Å²) in [5, 5.41) is 11.7. The quantitative estimate of drug-likeness (QED) is 0.299. The summed E-state index contributed by atoms with van der Waals surface area (Å²) in [7, 11) is 0. The van der Waals surface area contributed by atoms with Gasteiger partial charge in [-0.1, -0.05) is 16.9 Å². The fourth-order valence-electron chi connectivity index (χ4n) is 1.56. The monoisotopic (exact) mass is 314 g/mol. The second kappa shape index (κ2) is 6.00. The zero-order valence-electron chi connectivity index (χ0n) is 10.4. The molecule has 3 N–H and O–H groups in total. The molecule has 0 bridgehead atoms. The van der Waals surface area contributed by atoms with Crippen LogP contribution < -0.4 is 5.73 Å². The zero-order valence-corrected chi connectivity index (χ0v) is 11.2. The molecule has 5 nitrogen and oxygen atoms in total. The maximum atomic E-state index is 13.0. The third-order valence-electron chi connectivity index (χ3n) is 2.46. The molecule has 0 aliphatic heterocycles. The van der Waals surface area contributed by atoms with Crippen LogP contribution in [0.5, 0.6) is 0 Å². The molecule has 21 heavy (non-hydrogen) atoms. The molecule has 0 atom stereocenters. The predicted octanol–water partition coefficient (Wildman–Crippen LogP) is 2.74. The highest BCUT2D eigenvalue weighted by molar-refractivity contribution is 7.99. The lowest BCUT2D eigenvalue weighted by Crippen LogP contribution is -2.20. The molecule has 1 aromatic carbocycles. The van der Waals surface area contributed by atoms with Crippen LogP contribution in [0.2, 0.25) is 0 Å². The number of hydrogen-bond donors (Lipinski definition) is 2. The van der Waals surface area contributed by atoms with Gasteiger partial charge in [-0.3, -0.25) is 0 Å². The van der Waals surface area contributed by atoms with E-state index in [0.29, 0.717) is 9.92 Å². The smallest absolute Gasteiger partial charge is 0.409 e. The number of nitrogens with two attached hydrogens (primary N) is 1. The molecule has 0 spiro atoms. The predicted molar refractivity (Wildman–Crippen MR) is 70.1 cm³/mol. The van der Waals surface area contributed by atoms with E-state index in [1.807, 2.05) is 0 Å². The third-order valence-corrected chi connectivity index (χ3v) is 3.40. The van der Waals surface area contributed by atoms with Gasteiger partial charge in [0.25, 0.3) is 0 Å². The van der Waals surface area contributed by atoms with Gasteiger partial charge in [0.05, 0.1) is 5.56 Å².